The maximum Gasteiger partial charge on any atom is 0.286 e. The number of para-hydroxylation sites is 2. The zero-order valence-corrected chi connectivity index (χ0v) is 13.7. The summed E-state index contributed by atoms with van der Waals surface area (Å²) in [5.41, 5.74) is 1.97. The van der Waals surface area contributed by atoms with Crippen molar-refractivity contribution in [3.8, 4) is 0 Å². The summed E-state index contributed by atoms with van der Waals surface area (Å²) < 4.78 is 4.97. The summed E-state index contributed by atoms with van der Waals surface area (Å²) in [6, 6.07) is 11.1. The molecule has 0 unspecified atom stereocenters. The fourth-order valence-electron chi connectivity index (χ4n) is 2.48. The van der Waals surface area contributed by atoms with Gasteiger partial charge in [-0.05, 0) is 30.7 Å². The summed E-state index contributed by atoms with van der Waals surface area (Å²) in [6.07, 6.45) is 3.23. The first-order valence-corrected chi connectivity index (χ1v) is 8.24. The lowest BCUT2D eigenvalue weighted by Gasteiger charge is -2.05. The molecule has 2 amide bonds. The van der Waals surface area contributed by atoms with Gasteiger partial charge in [0.05, 0.1) is 17.3 Å². The van der Waals surface area contributed by atoms with Crippen molar-refractivity contribution in [2.24, 2.45) is 0 Å². The van der Waals surface area contributed by atoms with Gasteiger partial charge in [-0.25, -0.2) is 4.98 Å². The minimum Gasteiger partial charge on any atom is -0.459 e. The van der Waals surface area contributed by atoms with E-state index in [0.717, 1.165) is 29.7 Å². The van der Waals surface area contributed by atoms with Gasteiger partial charge in [-0.1, -0.05) is 12.1 Å². The Hall–Kier alpha value is -3.09. The Kier molecular flexibility index (Phi) is 5.46. The van der Waals surface area contributed by atoms with Crippen LogP contribution in [0, 0.1) is 0 Å². The van der Waals surface area contributed by atoms with Crippen LogP contribution in [0.3, 0.4) is 0 Å². The Labute approximate surface area is 144 Å². The van der Waals surface area contributed by atoms with E-state index in [4.69, 9.17) is 4.42 Å². The van der Waals surface area contributed by atoms with Gasteiger partial charge >= 0.3 is 0 Å². The van der Waals surface area contributed by atoms with Crippen LogP contribution < -0.4 is 10.6 Å². The third kappa shape index (κ3) is 4.69. The second-order valence-corrected chi connectivity index (χ2v) is 5.64. The van der Waals surface area contributed by atoms with Gasteiger partial charge in [0.15, 0.2) is 5.76 Å². The number of rotatable bonds is 8. The Morgan fingerprint density at radius 3 is 2.76 bits per heavy atom. The Morgan fingerprint density at radius 1 is 1.08 bits per heavy atom. The van der Waals surface area contributed by atoms with Crippen LogP contribution in [0.2, 0.25) is 0 Å². The number of amides is 2. The number of H-pyrrole nitrogens is 1. The third-order valence-electron chi connectivity index (χ3n) is 3.73. The normalized spacial score (nSPS) is 10.7. The maximum absolute atomic E-state index is 11.8. The highest BCUT2D eigenvalue weighted by Gasteiger charge is 2.08. The number of nitrogens with one attached hydrogen (secondary N) is 3. The monoisotopic (exact) mass is 340 g/mol. The van der Waals surface area contributed by atoms with Gasteiger partial charge in [-0.2, -0.15) is 0 Å². The van der Waals surface area contributed by atoms with Gasteiger partial charge < -0.3 is 20.0 Å². The molecule has 0 bridgehead atoms. The highest BCUT2D eigenvalue weighted by Crippen LogP contribution is 2.11. The van der Waals surface area contributed by atoms with Crippen LogP contribution in [0.5, 0.6) is 0 Å². The number of nitrogens with zero attached hydrogens (tertiary/aromatic N) is 1. The van der Waals surface area contributed by atoms with Crippen molar-refractivity contribution in [3.63, 3.8) is 0 Å². The second kappa shape index (κ2) is 8.14. The van der Waals surface area contributed by atoms with Crippen molar-refractivity contribution < 1.29 is 14.0 Å². The van der Waals surface area contributed by atoms with Crippen molar-refractivity contribution in [1.82, 2.24) is 20.6 Å². The summed E-state index contributed by atoms with van der Waals surface area (Å²) >= 11 is 0. The van der Waals surface area contributed by atoms with Gasteiger partial charge in [-0.15, -0.1) is 0 Å². The van der Waals surface area contributed by atoms with E-state index in [9.17, 15) is 9.59 Å². The molecule has 1 aromatic carbocycles. The molecule has 7 nitrogen and oxygen atoms in total. The van der Waals surface area contributed by atoms with Crippen LogP contribution in [0.4, 0.5) is 0 Å². The van der Waals surface area contributed by atoms with Crippen molar-refractivity contribution in [1.29, 1.82) is 0 Å². The molecule has 0 aliphatic heterocycles. The number of furan rings is 1. The van der Waals surface area contributed by atoms with Crippen molar-refractivity contribution in [2.45, 2.75) is 19.3 Å². The number of hydrogen-bond donors (Lipinski definition) is 3. The van der Waals surface area contributed by atoms with Gasteiger partial charge in [0.2, 0.25) is 5.91 Å². The summed E-state index contributed by atoms with van der Waals surface area (Å²) in [4.78, 5) is 31.1. The van der Waals surface area contributed by atoms with E-state index < -0.39 is 0 Å². The van der Waals surface area contributed by atoms with Gasteiger partial charge in [0.25, 0.3) is 5.91 Å². The lowest BCUT2D eigenvalue weighted by atomic mass is 10.3. The minimum atomic E-state index is -0.317. The minimum absolute atomic E-state index is 0.0932. The number of aromatic nitrogens is 2. The highest BCUT2D eigenvalue weighted by atomic mass is 16.3. The Bertz CT molecular complexity index is 806. The van der Waals surface area contributed by atoms with E-state index in [1.807, 2.05) is 24.3 Å². The predicted molar refractivity (Wildman–Crippen MR) is 93.1 cm³/mol. The van der Waals surface area contributed by atoms with E-state index in [-0.39, 0.29) is 30.5 Å². The van der Waals surface area contributed by atoms with Crippen molar-refractivity contribution in [3.05, 3.63) is 54.2 Å². The van der Waals surface area contributed by atoms with Crippen LogP contribution in [0.15, 0.2) is 47.1 Å². The summed E-state index contributed by atoms with van der Waals surface area (Å²) in [6.45, 7) is 0.844. The summed E-state index contributed by atoms with van der Waals surface area (Å²) in [5.74, 6) is 0.749. The Balaban J connectivity index is 1.30. The smallest absolute Gasteiger partial charge is 0.286 e. The SMILES string of the molecule is O=C(CCNC(=O)c1ccco1)NCCCc1nc2ccccc2[nH]1. The number of aryl methyl sites for hydroxylation is 1. The molecular weight excluding hydrogens is 320 g/mol. The summed E-state index contributed by atoms with van der Waals surface area (Å²) in [7, 11) is 0. The van der Waals surface area contributed by atoms with E-state index >= 15 is 0 Å². The molecule has 7 heteroatoms. The number of carbonyl (C=O) groups excluding carboxylic acids is 2. The molecular formula is C18H20N4O3. The fourth-order valence-corrected chi connectivity index (χ4v) is 2.48. The van der Waals surface area contributed by atoms with Crippen LogP contribution in [-0.4, -0.2) is 34.9 Å². The molecule has 0 aliphatic rings. The number of fused-ring (bicyclic) bond motifs is 1. The first kappa shape index (κ1) is 16.8. The zero-order chi connectivity index (χ0) is 17.5. The third-order valence-corrected chi connectivity index (χ3v) is 3.73. The van der Waals surface area contributed by atoms with Crippen molar-refractivity contribution in [2.75, 3.05) is 13.1 Å². The van der Waals surface area contributed by atoms with E-state index in [0.29, 0.717) is 6.54 Å². The number of aromatic amines is 1. The zero-order valence-electron chi connectivity index (χ0n) is 13.7. The molecule has 130 valence electrons. The lowest BCUT2D eigenvalue weighted by molar-refractivity contribution is -0.120. The van der Waals surface area contributed by atoms with E-state index in [1.54, 1.807) is 12.1 Å². The van der Waals surface area contributed by atoms with E-state index in [1.165, 1.54) is 6.26 Å². The molecule has 0 spiro atoms. The first-order chi connectivity index (χ1) is 12.2. The highest BCUT2D eigenvalue weighted by molar-refractivity contribution is 5.91. The average molecular weight is 340 g/mol. The average Bonchev–Trinajstić information content (AvgIpc) is 3.27. The molecule has 2 aromatic heterocycles. The number of carbonyl (C=O) groups is 2. The second-order valence-electron chi connectivity index (χ2n) is 5.64. The van der Waals surface area contributed by atoms with Gasteiger partial charge in [-0.3, -0.25) is 9.59 Å². The molecule has 0 radical (unpaired) electrons. The number of hydrogen-bond acceptors (Lipinski definition) is 4. The van der Waals surface area contributed by atoms with Crippen molar-refractivity contribution >= 4 is 22.8 Å². The Morgan fingerprint density at radius 2 is 1.96 bits per heavy atom. The molecule has 2 heterocycles. The molecule has 0 atom stereocenters. The molecule has 25 heavy (non-hydrogen) atoms. The molecule has 0 fully saturated rings. The first-order valence-electron chi connectivity index (χ1n) is 8.24. The fraction of sp³-hybridized carbons (Fsp3) is 0.278. The standard InChI is InChI=1S/C18H20N4O3/c23-17(9-11-20-18(24)15-7-4-12-25-15)19-10-3-8-16-21-13-5-1-2-6-14(13)22-16/h1-2,4-7,12H,3,8-11H2,(H,19,23)(H,20,24)(H,21,22). The molecule has 0 aliphatic carbocycles. The molecule has 3 N–H and O–H groups in total. The molecule has 3 rings (SSSR count). The maximum atomic E-state index is 11.8. The molecule has 0 saturated heterocycles. The topological polar surface area (TPSA) is 100 Å². The summed E-state index contributed by atoms with van der Waals surface area (Å²) in [5, 5.41) is 5.48. The predicted octanol–water partition coefficient (Wildman–Crippen LogP) is 2.02. The quantitative estimate of drug-likeness (QED) is 0.546. The lowest BCUT2D eigenvalue weighted by Crippen LogP contribution is -2.31. The van der Waals surface area contributed by atoms with Gasteiger partial charge in [0, 0.05) is 25.9 Å². The van der Waals surface area contributed by atoms with Gasteiger partial charge in [0.1, 0.15) is 5.82 Å². The largest absolute Gasteiger partial charge is 0.459 e. The molecule has 3 aromatic rings. The van der Waals surface area contributed by atoms with Crippen LogP contribution >= 0.6 is 0 Å². The van der Waals surface area contributed by atoms with Crippen LogP contribution in [-0.2, 0) is 11.2 Å². The number of benzene rings is 1. The van der Waals surface area contributed by atoms with E-state index in [2.05, 4.69) is 20.6 Å². The number of imidazole rings is 1. The van der Waals surface area contributed by atoms with Crippen LogP contribution in [0.1, 0.15) is 29.2 Å². The molecule has 0 saturated carbocycles. The van der Waals surface area contributed by atoms with Crippen LogP contribution in [0.25, 0.3) is 11.0 Å².